The van der Waals surface area contributed by atoms with Crippen LogP contribution in [-0.2, 0) is 23.3 Å². The highest BCUT2D eigenvalue weighted by atomic mass is 35.5. The van der Waals surface area contributed by atoms with Crippen molar-refractivity contribution in [3.63, 3.8) is 0 Å². The molecule has 0 bridgehead atoms. The molecular weight excluding hydrogens is 430 g/mol. The van der Waals surface area contributed by atoms with E-state index in [0.29, 0.717) is 13.0 Å². The second-order valence-corrected chi connectivity index (χ2v) is 8.78. The summed E-state index contributed by atoms with van der Waals surface area (Å²) in [4.78, 5) is 17.6. The van der Waals surface area contributed by atoms with Crippen LogP contribution in [0.3, 0.4) is 0 Å². The fourth-order valence-electron chi connectivity index (χ4n) is 3.58. The minimum atomic E-state index is -1.15. The van der Waals surface area contributed by atoms with Gasteiger partial charge in [0.15, 0.2) is 5.54 Å². The van der Waals surface area contributed by atoms with Gasteiger partial charge in [0.05, 0.1) is 18.4 Å². The number of aromatic nitrogens is 2. The number of imidazole rings is 1. The van der Waals surface area contributed by atoms with Gasteiger partial charge in [-0.25, -0.2) is 9.78 Å². The van der Waals surface area contributed by atoms with Gasteiger partial charge in [0.2, 0.25) is 0 Å². The Morgan fingerprint density at radius 3 is 2.77 bits per heavy atom. The third-order valence-electron chi connectivity index (χ3n) is 5.46. The number of hydrogen-bond acceptors (Lipinski definition) is 4. The number of nitrogens with one attached hydrogen (secondary N) is 1. The summed E-state index contributed by atoms with van der Waals surface area (Å²) in [6.45, 7) is 2.79. The van der Waals surface area contributed by atoms with Crippen molar-refractivity contribution in [2.75, 3.05) is 7.05 Å². The predicted molar refractivity (Wildman–Crippen MR) is 128 cm³/mol. The van der Waals surface area contributed by atoms with E-state index in [1.807, 2.05) is 60.1 Å². The van der Waals surface area contributed by atoms with Gasteiger partial charge >= 0.3 is 5.97 Å². The molecule has 0 aliphatic rings. The molecule has 31 heavy (non-hydrogen) atoms. The topological polar surface area (TPSA) is 67.2 Å². The van der Waals surface area contributed by atoms with E-state index < -0.39 is 11.5 Å². The molecule has 1 aromatic carbocycles. The molecule has 1 unspecified atom stereocenters. The zero-order valence-electron chi connectivity index (χ0n) is 17.8. The summed E-state index contributed by atoms with van der Waals surface area (Å²) in [5, 5.41) is 15.6. The van der Waals surface area contributed by atoms with Crippen LogP contribution in [0, 0.1) is 0 Å². The van der Waals surface area contributed by atoms with Gasteiger partial charge in [0.1, 0.15) is 5.82 Å². The van der Waals surface area contributed by atoms with E-state index in [1.54, 1.807) is 7.05 Å². The van der Waals surface area contributed by atoms with Gasteiger partial charge in [-0.2, -0.15) is 0 Å². The maximum absolute atomic E-state index is 12.1. The van der Waals surface area contributed by atoms with Crippen molar-refractivity contribution in [3.05, 3.63) is 81.0 Å². The maximum atomic E-state index is 12.1. The van der Waals surface area contributed by atoms with Gasteiger partial charge in [0, 0.05) is 16.3 Å². The van der Waals surface area contributed by atoms with Crippen LogP contribution in [0.1, 0.15) is 48.1 Å². The molecule has 2 heterocycles. The number of carboxylic acids is 1. The Hall–Kier alpha value is -2.41. The first-order chi connectivity index (χ1) is 15.0. The van der Waals surface area contributed by atoms with Gasteiger partial charge in [0.25, 0.3) is 0 Å². The number of thiophene rings is 1. The van der Waals surface area contributed by atoms with Crippen LogP contribution in [0.25, 0.3) is 6.08 Å². The number of likely N-dealkylation sites (N-methyl/N-ethyl adjacent to an activating group) is 1. The molecule has 0 saturated heterocycles. The van der Waals surface area contributed by atoms with Crippen molar-refractivity contribution in [2.45, 2.75) is 44.7 Å². The first-order valence-electron chi connectivity index (χ1n) is 10.4. The second-order valence-electron chi connectivity index (χ2n) is 7.42. The smallest absolute Gasteiger partial charge is 0.329 e. The molecule has 7 heteroatoms. The van der Waals surface area contributed by atoms with Crippen LogP contribution in [-0.4, -0.2) is 27.7 Å². The van der Waals surface area contributed by atoms with Crippen molar-refractivity contribution >= 4 is 35.0 Å². The van der Waals surface area contributed by atoms with Crippen molar-refractivity contribution in [1.29, 1.82) is 0 Å². The lowest BCUT2D eigenvalue weighted by molar-refractivity contribution is -0.144. The van der Waals surface area contributed by atoms with Gasteiger partial charge in [-0.15, -0.1) is 11.3 Å². The Morgan fingerprint density at radius 1 is 1.32 bits per heavy atom. The fourth-order valence-corrected chi connectivity index (χ4v) is 4.71. The van der Waals surface area contributed by atoms with Crippen molar-refractivity contribution < 1.29 is 9.90 Å². The SMILES string of the molecule is CCCCc1ncc(C=CCC(NC)(C(=O)O)c2cccs2)n1Cc1ccccc1Cl. The summed E-state index contributed by atoms with van der Waals surface area (Å²) in [6, 6.07) is 11.5. The second kappa shape index (κ2) is 10.8. The molecule has 0 saturated carbocycles. The Morgan fingerprint density at radius 2 is 2.13 bits per heavy atom. The van der Waals surface area contributed by atoms with Gasteiger partial charge < -0.3 is 15.0 Å². The highest BCUT2D eigenvalue weighted by molar-refractivity contribution is 7.10. The van der Waals surface area contributed by atoms with E-state index in [2.05, 4.69) is 21.8 Å². The first-order valence-corrected chi connectivity index (χ1v) is 11.7. The normalized spacial score (nSPS) is 13.5. The number of carboxylic acid groups (broad SMARTS) is 1. The Labute approximate surface area is 192 Å². The van der Waals surface area contributed by atoms with Crippen LogP contribution in [0.4, 0.5) is 0 Å². The van der Waals surface area contributed by atoms with E-state index in [1.165, 1.54) is 11.3 Å². The molecule has 0 spiro atoms. The molecule has 5 nitrogen and oxygen atoms in total. The molecule has 0 fully saturated rings. The molecule has 0 radical (unpaired) electrons. The largest absolute Gasteiger partial charge is 0.480 e. The van der Waals surface area contributed by atoms with Crippen LogP contribution in [0.2, 0.25) is 5.02 Å². The number of carbonyl (C=O) groups is 1. The van der Waals surface area contributed by atoms with Gasteiger partial charge in [-0.05, 0) is 49.0 Å². The fraction of sp³-hybridized carbons (Fsp3) is 0.333. The summed E-state index contributed by atoms with van der Waals surface area (Å²) in [5.41, 5.74) is 0.819. The predicted octanol–water partition coefficient (Wildman–Crippen LogP) is 5.59. The molecule has 3 rings (SSSR count). The average Bonchev–Trinajstić information content (AvgIpc) is 3.42. The van der Waals surface area contributed by atoms with E-state index in [0.717, 1.165) is 46.2 Å². The number of halogens is 1. The Kier molecular flexibility index (Phi) is 8.07. The van der Waals surface area contributed by atoms with Crippen LogP contribution >= 0.6 is 22.9 Å². The molecule has 0 aliphatic heterocycles. The zero-order chi connectivity index (χ0) is 22.3. The number of aryl methyl sites for hydroxylation is 1. The van der Waals surface area contributed by atoms with Crippen molar-refractivity contribution in [2.24, 2.45) is 0 Å². The molecular formula is C24H28ClN3O2S. The summed E-state index contributed by atoms with van der Waals surface area (Å²) in [7, 11) is 1.69. The molecule has 0 aliphatic carbocycles. The standard InChI is InChI=1S/C24H28ClN3O2S/c1-3-4-13-22-27-16-19(28(22)17-18-9-5-6-11-20(18)25)10-7-14-24(26-2,23(29)30)21-12-8-15-31-21/h5-12,15-16,26H,3-4,13-14,17H2,1-2H3,(H,29,30). The van der Waals surface area contributed by atoms with Crippen LogP contribution < -0.4 is 5.32 Å². The average molecular weight is 458 g/mol. The molecule has 1 atom stereocenters. The number of rotatable bonds is 11. The number of benzene rings is 1. The van der Waals surface area contributed by atoms with Crippen LogP contribution in [0.15, 0.2) is 54.1 Å². The summed E-state index contributed by atoms with van der Waals surface area (Å²) < 4.78 is 2.17. The molecule has 3 aromatic rings. The highest BCUT2D eigenvalue weighted by Crippen LogP contribution is 2.30. The number of unbranched alkanes of at least 4 members (excludes halogenated alkanes) is 1. The summed E-state index contributed by atoms with van der Waals surface area (Å²) in [6.07, 6.45) is 9.08. The lowest BCUT2D eigenvalue weighted by Crippen LogP contribution is -2.46. The summed E-state index contributed by atoms with van der Waals surface area (Å²) >= 11 is 7.84. The number of nitrogens with zero attached hydrogens (tertiary/aromatic N) is 2. The lowest BCUT2D eigenvalue weighted by atomic mass is 9.93. The van der Waals surface area contributed by atoms with Crippen LogP contribution in [0.5, 0.6) is 0 Å². The Balaban J connectivity index is 1.89. The van der Waals surface area contributed by atoms with Crippen molar-refractivity contribution in [3.8, 4) is 0 Å². The third kappa shape index (κ3) is 5.26. The van der Waals surface area contributed by atoms with E-state index in [9.17, 15) is 9.90 Å². The molecule has 2 aromatic heterocycles. The van der Waals surface area contributed by atoms with Gasteiger partial charge in [-0.1, -0.05) is 55.3 Å². The highest BCUT2D eigenvalue weighted by Gasteiger charge is 2.38. The van der Waals surface area contributed by atoms with Gasteiger partial charge in [-0.3, -0.25) is 0 Å². The molecule has 164 valence electrons. The lowest BCUT2D eigenvalue weighted by Gasteiger charge is -2.26. The Bertz CT molecular complexity index is 1030. The third-order valence-corrected chi connectivity index (χ3v) is 6.86. The zero-order valence-corrected chi connectivity index (χ0v) is 19.4. The molecule has 0 amide bonds. The maximum Gasteiger partial charge on any atom is 0.329 e. The van der Waals surface area contributed by atoms with E-state index in [4.69, 9.17) is 11.6 Å². The summed E-state index contributed by atoms with van der Waals surface area (Å²) in [5.74, 6) is 0.119. The minimum absolute atomic E-state index is 0.320. The van der Waals surface area contributed by atoms with Crippen molar-refractivity contribution in [1.82, 2.24) is 14.9 Å². The van der Waals surface area contributed by atoms with E-state index in [-0.39, 0.29) is 0 Å². The monoisotopic (exact) mass is 457 g/mol. The quantitative estimate of drug-likeness (QED) is 0.393. The molecule has 2 N–H and O–H groups in total. The van der Waals surface area contributed by atoms with E-state index >= 15 is 0 Å². The number of aliphatic carboxylic acids is 1. The minimum Gasteiger partial charge on any atom is -0.480 e. The number of hydrogen-bond donors (Lipinski definition) is 2. The first kappa shape index (κ1) is 23.3.